The van der Waals surface area contributed by atoms with Crippen LogP contribution in [0.3, 0.4) is 0 Å². The maximum atomic E-state index is 12.9. The highest BCUT2D eigenvalue weighted by molar-refractivity contribution is 9.10. The van der Waals surface area contributed by atoms with Crippen LogP contribution in [0.15, 0.2) is 76.1 Å². The summed E-state index contributed by atoms with van der Waals surface area (Å²) < 4.78 is 34.4. The minimum atomic E-state index is -3.93. The van der Waals surface area contributed by atoms with Gasteiger partial charge in [0.1, 0.15) is 10.6 Å². The van der Waals surface area contributed by atoms with Gasteiger partial charge in [-0.25, -0.2) is 8.42 Å². The molecule has 3 aromatic rings. The van der Waals surface area contributed by atoms with Gasteiger partial charge in [0, 0.05) is 15.8 Å². The number of carbonyl (C=O) groups is 1. The zero-order valence-corrected chi connectivity index (χ0v) is 18.9. The number of methoxy groups -OCH3 is 1. The predicted octanol–water partition coefficient (Wildman–Crippen LogP) is 4.75. The molecule has 8 heteroatoms. The summed E-state index contributed by atoms with van der Waals surface area (Å²) in [6.07, 6.45) is 0.192. The number of anilines is 2. The zero-order valence-electron chi connectivity index (χ0n) is 16.5. The first-order chi connectivity index (χ1) is 14.3. The molecule has 0 saturated carbocycles. The van der Waals surface area contributed by atoms with Crippen molar-refractivity contribution in [3.05, 3.63) is 82.3 Å². The summed E-state index contributed by atoms with van der Waals surface area (Å²) in [7, 11) is -2.54. The summed E-state index contributed by atoms with van der Waals surface area (Å²) in [6, 6.07) is 18.9. The van der Waals surface area contributed by atoms with E-state index in [1.54, 1.807) is 30.3 Å². The number of halogens is 1. The van der Waals surface area contributed by atoms with Crippen LogP contribution < -0.4 is 14.8 Å². The van der Waals surface area contributed by atoms with Crippen LogP contribution in [0.5, 0.6) is 5.75 Å². The Morgan fingerprint density at radius 3 is 2.33 bits per heavy atom. The first-order valence-corrected chi connectivity index (χ1v) is 11.4. The van der Waals surface area contributed by atoms with E-state index in [0.717, 1.165) is 15.6 Å². The zero-order chi connectivity index (χ0) is 21.7. The van der Waals surface area contributed by atoms with E-state index in [0.29, 0.717) is 11.4 Å². The highest BCUT2D eigenvalue weighted by atomic mass is 79.9. The average Bonchev–Trinajstić information content (AvgIpc) is 2.71. The lowest BCUT2D eigenvalue weighted by Gasteiger charge is -2.14. The molecule has 3 aromatic carbocycles. The Hall–Kier alpha value is -2.84. The first kappa shape index (κ1) is 21.9. The van der Waals surface area contributed by atoms with Crippen molar-refractivity contribution in [2.24, 2.45) is 0 Å². The molecule has 0 aliphatic rings. The molecule has 0 radical (unpaired) electrons. The Kier molecular flexibility index (Phi) is 6.79. The topological polar surface area (TPSA) is 84.5 Å². The van der Waals surface area contributed by atoms with Crippen LogP contribution >= 0.6 is 15.9 Å². The summed E-state index contributed by atoms with van der Waals surface area (Å²) in [5.74, 6) is -0.0600. The molecule has 0 fully saturated rings. The molecule has 0 atom stereocenters. The standard InChI is InChI=1S/C22H21BrN2O4S/c1-15-5-3-4-6-16(15)13-22(26)24-19-11-12-20(29-2)21(14-19)30(27,28)25-18-9-7-17(23)8-10-18/h3-12,14,25H,13H2,1-2H3,(H,24,26). The Morgan fingerprint density at radius 2 is 1.67 bits per heavy atom. The monoisotopic (exact) mass is 488 g/mol. The average molecular weight is 489 g/mol. The molecule has 3 rings (SSSR count). The van der Waals surface area contributed by atoms with Gasteiger partial charge in [-0.1, -0.05) is 40.2 Å². The lowest BCUT2D eigenvalue weighted by Crippen LogP contribution is -2.17. The number of sulfonamides is 1. The van der Waals surface area contributed by atoms with Gasteiger partial charge in [-0.2, -0.15) is 0 Å². The van der Waals surface area contributed by atoms with E-state index in [1.807, 2.05) is 31.2 Å². The molecule has 0 aliphatic carbocycles. The summed E-state index contributed by atoms with van der Waals surface area (Å²) in [4.78, 5) is 12.4. The molecule has 6 nitrogen and oxygen atoms in total. The number of ether oxygens (including phenoxy) is 1. The van der Waals surface area contributed by atoms with E-state index in [1.165, 1.54) is 19.2 Å². The van der Waals surface area contributed by atoms with Crippen LogP contribution in [-0.4, -0.2) is 21.4 Å². The Balaban J connectivity index is 1.83. The van der Waals surface area contributed by atoms with E-state index in [2.05, 4.69) is 26.0 Å². The summed E-state index contributed by atoms with van der Waals surface area (Å²) in [5, 5.41) is 2.76. The first-order valence-electron chi connectivity index (χ1n) is 9.09. The fourth-order valence-corrected chi connectivity index (χ4v) is 4.40. The molecule has 0 heterocycles. The lowest BCUT2D eigenvalue weighted by atomic mass is 10.1. The highest BCUT2D eigenvalue weighted by Crippen LogP contribution is 2.29. The smallest absolute Gasteiger partial charge is 0.265 e. The number of hydrogen-bond donors (Lipinski definition) is 2. The summed E-state index contributed by atoms with van der Waals surface area (Å²) in [5.41, 5.74) is 2.71. The predicted molar refractivity (Wildman–Crippen MR) is 121 cm³/mol. The van der Waals surface area contributed by atoms with Crippen LogP contribution in [0.4, 0.5) is 11.4 Å². The SMILES string of the molecule is COc1ccc(NC(=O)Cc2ccccc2C)cc1S(=O)(=O)Nc1ccc(Br)cc1. The Bertz CT molecular complexity index is 1160. The van der Waals surface area contributed by atoms with Gasteiger partial charge in [0.25, 0.3) is 10.0 Å². The normalized spacial score (nSPS) is 11.0. The van der Waals surface area contributed by atoms with Crippen molar-refractivity contribution in [3.8, 4) is 5.75 Å². The van der Waals surface area contributed by atoms with Gasteiger partial charge in [-0.05, 0) is 60.5 Å². The van der Waals surface area contributed by atoms with Crippen LogP contribution in [0.25, 0.3) is 0 Å². The molecule has 0 aliphatic heterocycles. The number of benzene rings is 3. The quantitative estimate of drug-likeness (QED) is 0.502. The third-order valence-electron chi connectivity index (χ3n) is 4.45. The van der Waals surface area contributed by atoms with Crippen molar-refractivity contribution in [1.29, 1.82) is 0 Å². The number of hydrogen-bond acceptors (Lipinski definition) is 4. The number of amides is 1. The second-order valence-corrected chi connectivity index (χ2v) is 9.20. The molecule has 156 valence electrons. The molecule has 1 amide bonds. The number of nitrogens with one attached hydrogen (secondary N) is 2. The van der Waals surface area contributed by atoms with Crippen LogP contribution in [0.1, 0.15) is 11.1 Å². The maximum absolute atomic E-state index is 12.9. The maximum Gasteiger partial charge on any atom is 0.265 e. The third-order valence-corrected chi connectivity index (χ3v) is 6.38. The van der Waals surface area contributed by atoms with Gasteiger partial charge in [-0.3, -0.25) is 9.52 Å². The van der Waals surface area contributed by atoms with Crippen molar-refractivity contribution >= 4 is 43.2 Å². The Morgan fingerprint density at radius 1 is 1.00 bits per heavy atom. The lowest BCUT2D eigenvalue weighted by molar-refractivity contribution is -0.115. The van der Waals surface area contributed by atoms with Gasteiger partial charge < -0.3 is 10.1 Å². The van der Waals surface area contributed by atoms with Gasteiger partial charge in [0.05, 0.1) is 13.5 Å². The number of carbonyl (C=O) groups excluding carboxylic acids is 1. The van der Waals surface area contributed by atoms with E-state index in [4.69, 9.17) is 4.74 Å². The minimum absolute atomic E-state index is 0.0680. The highest BCUT2D eigenvalue weighted by Gasteiger charge is 2.21. The van der Waals surface area contributed by atoms with E-state index < -0.39 is 10.0 Å². The van der Waals surface area contributed by atoms with Crippen LogP contribution in [0, 0.1) is 6.92 Å². The molecule has 0 saturated heterocycles. The van der Waals surface area contributed by atoms with Crippen molar-refractivity contribution < 1.29 is 17.9 Å². The number of aryl methyl sites for hydroxylation is 1. The van der Waals surface area contributed by atoms with Crippen molar-refractivity contribution in [3.63, 3.8) is 0 Å². The molecule has 2 N–H and O–H groups in total. The largest absolute Gasteiger partial charge is 0.495 e. The second-order valence-electron chi connectivity index (χ2n) is 6.63. The molecular weight excluding hydrogens is 468 g/mol. The van der Waals surface area contributed by atoms with Gasteiger partial charge in [0.2, 0.25) is 5.91 Å². The molecule has 0 spiro atoms. The van der Waals surface area contributed by atoms with Crippen molar-refractivity contribution in [2.45, 2.75) is 18.2 Å². The van der Waals surface area contributed by atoms with Crippen molar-refractivity contribution in [1.82, 2.24) is 0 Å². The molecule has 0 aromatic heterocycles. The second kappa shape index (κ2) is 9.32. The third kappa shape index (κ3) is 5.40. The van der Waals surface area contributed by atoms with E-state index in [9.17, 15) is 13.2 Å². The summed E-state index contributed by atoms with van der Waals surface area (Å²) in [6.45, 7) is 1.94. The van der Waals surface area contributed by atoms with E-state index in [-0.39, 0.29) is 23.0 Å². The van der Waals surface area contributed by atoms with Crippen LogP contribution in [-0.2, 0) is 21.2 Å². The Labute approximate surface area is 184 Å². The van der Waals surface area contributed by atoms with Crippen LogP contribution in [0.2, 0.25) is 0 Å². The van der Waals surface area contributed by atoms with Gasteiger partial charge in [-0.15, -0.1) is 0 Å². The van der Waals surface area contributed by atoms with Gasteiger partial charge >= 0.3 is 0 Å². The minimum Gasteiger partial charge on any atom is -0.495 e. The molecule has 0 unspecified atom stereocenters. The molecule has 30 heavy (non-hydrogen) atoms. The molecular formula is C22H21BrN2O4S. The van der Waals surface area contributed by atoms with Gasteiger partial charge in [0.15, 0.2) is 0 Å². The fourth-order valence-electron chi connectivity index (χ4n) is 2.88. The van der Waals surface area contributed by atoms with Crippen molar-refractivity contribution in [2.75, 3.05) is 17.1 Å². The fraction of sp³-hybridized carbons (Fsp3) is 0.136. The number of rotatable bonds is 7. The van der Waals surface area contributed by atoms with E-state index >= 15 is 0 Å². The molecule has 0 bridgehead atoms. The summed E-state index contributed by atoms with van der Waals surface area (Å²) >= 11 is 3.32.